The monoisotopic (exact) mass is 683 g/mol. The molecule has 0 bridgehead atoms. The number of carbonyl (C=O) groups excluding carboxylic acids is 2. The van der Waals surface area contributed by atoms with Crippen molar-refractivity contribution in [3.8, 4) is 11.5 Å². The lowest BCUT2D eigenvalue weighted by Gasteiger charge is -2.23. The van der Waals surface area contributed by atoms with Crippen LogP contribution in [0.25, 0.3) is 16.5 Å². The van der Waals surface area contributed by atoms with Gasteiger partial charge in [0.2, 0.25) is 5.13 Å². The van der Waals surface area contributed by atoms with E-state index >= 15 is 0 Å². The van der Waals surface area contributed by atoms with Gasteiger partial charge in [0.15, 0.2) is 15.8 Å². The van der Waals surface area contributed by atoms with E-state index in [-0.39, 0.29) is 16.3 Å². The maximum absolute atomic E-state index is 14.6. The molecule has 1 amide bonds. The number of thioether (sulfide) groups is 1. The number of aromatic nitrogens is 2. The predicted octanol–water partition coefficient (Wildman–Crippen LogP) is 8.49. The van der Waals surface area contributed by atoms with Crippen molar-refractivity contribution in [2.45, 2.75) is 43.3 Å². The van der Waals surface area contributed by atoms with Gasteiger partial charge in [0.25, 0.3) is 5.78 Å². The van der Waals surface area contributed by atoms with Gasteiger partial charge in [-0.2, -0.15) is 0 Å². The number of amides is 1. The topological polar surface area (TPSA) is 102 Å². The zero-order valence-corrected chi connectivity index (χ0v) is 28.5. The summed E-state index contributed by atoms with van der Waals surface area (Å²) in [6.07, 6.45) is 0.843. The third-order valence-corrected chi connectivity index (χ3v) is 10.3. The minimum Gasteiger partial charge on any atom is -0.507 e. The number of anilines is 1. The number of methoxy groups -OCH3 is 1. The molecule has 1 aliphatic heterocycles. The molecule has 6 rings (SSSR count). The fourth-order valence-corrected chi connectivity index (χ4v) is 7.41. The van der Waals surface area contributed by atoms with Crippen molar-refractivity contribution in [2.24, 2.45) is 5.92 Å². The second-order valence-electron chi connectivity index (χ2n) is 11.9. The van der Waals surface area contributed by atoms with Gasteiger partial charge in [-0.1, -0.05) is 97.6 Å². The second kappa shape index (κ2) is 14.2. The molecule has 246 valence electrons. The zero-order valence-electron chi connectivity index (χ0n) is 26.9. The summed E-state index contributed by atoms with van der Waals surface area (Å²) in [6, 6.07) is 22.4. The maximum Gasteiger partial charge on any atom is 0.301 e. The Morgan fingerprint density at radius 2 is 1.81 bits per heavy atom. The van der Waals surface area contributed by atoms with E-state index in [2.05, 4.69) is 48.3 Å². The summed E-state index contributed by atoms with van der Waals surface area (Å²) in [5.41, 5.74) is 1.85. The molecule has 1 N–H and O–H groups in total. The van der Waals surface area contributed by atoms with Crippen LogP contribution < -0.4 is 14.4 Å². The molecule has 1 unspecified atom stereocenters. The van der Waals surface area contributed by atoms with Crippen LogP contribution in [0.3, 0.4) is 0 Å². The first kappa shape index (κ1) is 33.2. The van der Waals surface area contributed by atoms with Crippen LogP contribution in [0.1, 0.15) is 48.6 Å². The third kappa shape index (κ3) is 6.65. The van der Waals surface area contributed by atoms with Crippen molar-refractivity contribution in [3.63, 3.8) is 0 Å². The highest BCUT2D eigenvalue weighted by atomic mass is 32.2. The summed E-state index contributed by atoms with van der Waals surface area (Å²) in [5, 5.41) is 22.6. The summed E-state index contributed by atoms with van der Waals surface area (Å²) in [7, 11) is 1.50. The molecule has 1 aromatic heterocycles. The molecule has 1 atom stereocenters. The van der Waals surface area contributed by atoms with Crippen molar-refractivity contribution in [3.05, 3.63) is 113 Å². The van der Waals surface area contributed by atoms with Gasteiger partial charge in [-0.15, -0.1) is 10.2 Å². The van der Waals surface area contributed by atoms with Crippen molar-refractivity contribution >= 4 is 56.5 Å². The quantitative estimate of drug-likeness (QED) is 0.0486. The average Bonchev–Trinajstić information content (AvgIpc) is 3.66. The van der Waals surface area contributed by atoms with Gasteiger partial charge in [-0.05, 0) is 64.9 Å². The number of aliphatic hydroxyl groups excluding tert-OH is 1. The van der Waals surface area contributed by atoms with E-state index in [1.165, 1.54) is 47.2 Å². The summed E-state index contributed by atoms with van der Waals surface area (Å²) >= 11 is 2.65. The van der Waals surface area contributed by atoms with Crippen LogP contribution in [0.15, 0.2) is 88.8 Å². The fraction of sp³-hybridized carbons (Fsp3) is 0.243. The molecule has 11 heteroatoms. The predicted molar refractivity (Wildman–Crippen MR) is 187 cm³/mol. The first-order valence-corrected chi connectivity index (χ1v) is 17.3. The summed E-state index contributed by atoms with van der Waals surface area (Å²) in [6.45, 7) is 6.29. The van der Waals surface area contributed by atoms with Crippen LogP contribution in [0, 0.1) is 18.7 Å². The van der Waals surface area contributed by atoms with Crippen LogP contribution in [0.4, 0.5) is 9.52 Å². The number of ether oxygens (including phenoxy) is 2. The first-order valence-electron chi connectivity index (χ1n) is 15.5. The van der Waals surface area contributed by atoms with Crippen LogP contribution in [-0.2, 0) is 15.3 Å². The number of nitrogens with zero attached hydrogens (tertiary/aromatic N) is 3. The van der Waals surface area contributed by atoms with Gasteiger partial charge in [-0.25, -0.2) is 4.39 Å². The highest BCUT2D eigenvalue weighted by Gasteiger charge is 2.48. The lowest BCUT2D eigenvalue weighted by atomic mass is 9.94. The fourth-order valence-electron chi connectivity index (χ4n) is 5.54. The zero-order chi connectivity index (χ0) is 33.9. The van der Waals surface area contributed by atoms with E-state index in [4.69, 9.17) is 9.47 Å². The van der Waals surface area contributed by atoms with Crippen LogP contribution in [0.5, 0.6) is 11.5 Å². The number of aliphatic hydroxyl groups is 1. The number of benzene rings is 4. The van der Waals surface area contributed by atoms with Crippen molar-refractivity contribution in [2.75, 3.05) is 18.6 Å². The number of aryl methyl sites for hydroxylation is 1. The highest BCUT2D eigenvalue weighted by Crippen LogP contribution is 2.46. The van der Waals surface area contributed by atoms with Crippen molar-refractivity contribution < 1.29 is 28.6 Å². The summed E-state index contributed by atoms with van der Waals surface area (Å²) in [5.74, 6) is -0.885. The summed E-state index contributed by atoms with van der Waals surface area (Å²) in [4.78, 5) is 28.7. The molecule has 2 heterocycles. The molecule has 1 saturated heterocycles. The number of halogens is 1. The average molecular weight is 684 g/mol. The van der Waals surface area contributed by atoms with Gasteiger partial charge in [0.05, 0.1) is 25.3 Å². The Bertz CT molecular complexity index is 2040. The SMILES string of the molecule is COc1cc(C2C(=C(O)c3ccc(C)c(F)c3)C(=O)C(=O)N2c2nnc(SCc3cccc4ccccc34)s2)ccc1OCCC(C)C. The van der Waals surface area contributed by atoms with Gasteiger partial charge in [0, 0.05) is 11.3 Å². The summed E-state index contributed by atoms with van der Waals surface area (Å²) < 4.78 is 26.8. The Hall–Kier alpha value is -4.74. The molecule has 0 aliphatic carbocycles. The van der Waals surface area contributed by atoms with Gasteiger partial charge in [-0.3, -0.25) is 14.5 Å². The number of hydrogen-bond acceptors (Lipinski definition) is 9. The minimum atomic E-state index is -1.10. The molecule has 1 fully saturated rings. The lowest BCUT2D eigenvalue weighted by molar-refractivity contribution is -0.132. The lowest BCUT2D eigenvalue weighted by Crippen LogP contribution is -2.29. The van der Waals surface area contributed by atoms with Gasteiger partial charge >= 0.3 is 5.91 Å². The van der Waals surface area contributed by atoms with E-state index in [0.717, 1.165) is 28.8 Å². The van der Waals surface area contributed by atoms with E-state index in [0.29, 0.717) is 45.2 Å². The molecule has 8 nitrogen and oxygen atoms in total. The Kier molecular flexibility index (Phi) is 9.79. The molecular weight excluding hydrogens is 650 g/mol. The Balaban J connectivity index is 1.39. The van der Waals surface area contributed by atoms with Gasteiger partial charge in [0.1, 0.15) is 11.6 Å². The smallest absolute Gasteiger partial charge is 0.301 e. The standard InChI is InChI=1S/C37H34FN3O5S2/c1-21(2)16-17-46-29-15-14-24(19-30(29)45-4)32-31(33(42)25-13-12-22(3)28(38)18-25)34(43)35(44)41(32)36-39-40-37(48-36)47-20-26-10-7-9-23-8-5-6-11-27(23)26/h5-15,18-19,21,32,42H,16-17,20H2,1-4H3. The molecule has 1 aliphatic rings. The number of Topliss-reactive ketones (excluding diaryl/α,β-unsaturated/α-hetero) is 1. The van der Waals surface area contributed by atoms with Crippen LogP contribution >= 0.6 is 23.1 Å². The third-order valence-electron chi connectivity index (χ3n) is 8.18. The van der Waals surface area contributed by atoms with Crippen molar-refractivity contribution in [1.29, 1.82) is 0 Å². The molecule has 0 spiro atoms. The Morgan fingerprint density at radius 1 is 1.02 bits per heavy atom. The van der Waals surface area contributed by atoms with Crippen LogP contribution in [0.2, 0.25) is 0 Å². The molecule has 5 aromatic rings. The van der Waals surface area contributed by atoms with Crippen molar-refractivity contribution in [1.82, 2.24) is 10.2 Å². The number of hydrogen-bond donors (Lipinski definition) is 1. The highest BCUT2D eigenvalue weighted by molar-refractivity contribution is 8.00. The molecular formula is C37H34FN3O5S2. The minimum absolute atomic E-state index is 0.0744. The Labute approximate surface area is 286 Å². The largest absolute Gasteiger partial charge is 0.507 e. The van der Waals surface area contributed by atoms with E-state index < -0.39 is 29.3 Å². The molecule has 0 radical (unpaired) electrons. The normalized spacial score (nSPS) is 15.9. The first-order chi connectivity index (χ1) is 23.2. The number of fused-ring (bicyclic) bond motifs is 1. The molecule has 4 aromatic carbocycles. The number of carbonyl (C=O) groups is 2. The number of rotatable bonds is 11. The van der Waals surface area contributed by atoms with E-state index in [1.807, 2.05) is 18.2 Å². The molecule has 0 saturated carbocycles. The van der Waals surface area contributed by atoms with Crippen LogP contribution in [-0.4, -0.2) is 40.7 Å². The number of ketones is 1. The maximum atomic E-state index is 14.6. The van der Waals surface area contributed by atoms with Gasteiger partial charge < -0.3 is 14.6 Å². The Morgan fingerprint density at radius 3 is 2.58 bits per heavy atom. The second-order valence-corrected chi connectivity index (χ2v) is 14.0. The van der Waals surface area contributed by atoms with E-state index in [9.17, 15) is 19.1 Å². The van der Waals surface area contributed by atoms with E-state index in [1.54, 1.807) is 25.1 Å². The molecule has 48 heavy (non-hydrogen) atoms.